The Morgan fingerprint density at radius 1 is 1.20 bits per heavy atom. The zero-order valence-electron chi connectivity index (χ0n) is 15.5. The lowest BCUT2D eigenvalue weighted by atomic mass is 10.00. The largest absolute Gasteiger partial charge is 0.299 e. The van der Waals surface area contributed by atoms with E-state index in [4.69, 9.17) is 0 Å². The maximum Gasteiger partial charge on any atom is 0.240 e. The van der Waals surface area contributed by atoms with Gasteiger partial charge in [-0.1, -0.05) is 32.4 Å². The summed E-state index contributed by atoms with van der Waals surface area (Å²) in [4.78, 5) is 14.1. The maximum absolute atomic E-state index is 12.6. The number of carbonyl (C=O) groups is 1. The van der Waals surface area contributed by atoms with E-state index in [0.717, 1.165) is 19.5 Å². The smallest absolute Gasteiger partial charge is 0.240 e. The molecule has 5 nitrogen and oxygen atoms in total. The van der Waals surface area contributed by atoms with Gasteiger partial charge in [0.25, 0.3) is 0 Å². The van der Waals surface area contributed by atoms with Crippen LogP contribution in [0.15, 0.2) is 29.2 Å². The molecule has 1 aliphatic rings. The van der Waals surface area contributed by atoms with Crippen LogP contribution in [0.1, 0.15) is 56.8 Å². The Morgan fingerprint density at radius 2 is 1.88 bits per heavy atom. The van der Waals surface area contributed by atoms with Gasteiger partial charge in [-0.3, -0.25) is 9.69 Å². The quantitative estimate of drug-likeness (QED) is 0.718. The van der Waals surface area contributed by atoms with E-state index in [-0.39, 0.29) is 16.7 Å². The molecule has 25 heavy (non-hydrogen) atoms. The van der Waals surface area contributed by atoms with Crippen molar-refractivity contribution in [3.8, 4) is 0 Å². The monoisotopic (exact) mass is 366 g/mol. The summed E-state index contributed by atoms with van der Waals surface area (Å²) in [7, 11) is -3.61. The molecule has 0 spiro atoms. The highest BCUT2D eigenvalue weighted by Crippen LogP contribution is 2.18. The lowest BCUT2D eigenvalue weighted by Gasteiger charge is -2.35. The summed E-state index contributed by atoms with van der Waals surface area (Å²) < 4.78 is 28.0. The van der Waals surface area contributed by atoms with Crippen molar-refractivity contribution < 1.29 is 13.2 Å². The summed E-state index contributed by atoms with van der Waals surface area (Å²) in [6.45, 7) is 8.26. The van der Waals surface area contributed by atoms with E-state index in [2.05, 4.69) is 23.5 Å². The Bertz CT molecular complexity index is 680. The highest BCUT2D eigenvalue weighted by molar-refractivity contribution is 7.89. The molecule has 2 rings (SSSR count). The topological polar surface area (TPSA) is 66.5 Å². The number of nitrogens with one attached hydrogen (secondary N) is 1. The van der Waals surface area contributed by atoms with Gasteiger partial charge in [-0.25, -0.2) is 13.1 Å². The first kappa shape index (κ1) is 20.1. The Hall–Kier alpha value is -1.24. The molecule has 1 atom stereocenters. The van der Waals surface area contributed by atoms with Crippen molar-refractivity contribution in [2.45, 2.75) is 57.4 Å². The van der Waals surface area contributed by atoms with Gasteiger partial charge in [-0.2, -0.15) is 0 Å². The second-order valence-corrected chi connectivity index (χ2v) is 9.08. The summed E-state index contributed by atoms with van der Waals surface area (Å²) in [5.74, 6) is 0.375. The molecule has 0 amide bonds. The molecule has 1 aromatic carbocycles. The van der Waals surface area contributed by atoms with Crippen molar-refractivity contribution in [1.82, 2.24) is 9.62 Å². The van der Waals surface area contributed by atoms with E-state index in [1.807, 2.05) is 0 Å². The fourth-order valence-corrected chi connectivity index (χ4v) is 4.48. The number of rotatable bonds is 8. The molecule has 1 N–H and O–H groups in total. The highest BCUT2D eigenvalue weighted by Gasteiger charge is 2.24. The summed E-state index contributed by atoms with van der Waals surface area (Å²) >= 11 is 0. The van der Waals surface area contributed by atoms with E-state index in [9.17, 15) is 13.2 Å². The number of hydrogen-bond donors (Lipinski definition) is 1. The SMILES string of the molecule is CC(=O)c1cccc(S(=O)(=O)NCC(CC(C)C)N2CCCCC2)c1. The second-order valence-electron chi connectivity index (χ2n) is 7.32. The van der Waals surface area contributed by atoms with Crippen molar-refractivity contribution in [2.24, 2.45) is 5.92 Å². The van der Waals surface area contributed by atoms with Crippen molar-refractivity contribution in [3.05, 3.63) is 29.8 Å². The van der Waals surface area contributed by atoms with Crippen molar-refractivity contribution >= 4 is 15.8 Å². The molecule has 140 valence electrons. The van der Waals surface area contributed by atoms with Crippen LogP contribution in [0.25, 0.3) is 0 Å². The lowest BCUT2D eigenvalue weighted by molar-refractivity contribution is 0.101. The molecule has 1 unspecified atom stereocenters. The fraction of sp³-hybridized carbons (Fsp3) is 0.632. The number of likely N-dealkylation sites (tertiary alicyclic amines) is 1. The lowest BCUT2D eigenvalue weighted by Crippen LogP contribution is -2.46. The normalized spacial score (nSPS) is 17.6. The third kappa shape index (κ3) is 5.90. The third-order valence-electron chi connectivity index (χ3n) is 4.71. The van der Waals surface area contributed by atoms with Gasteiger partial charge >= 0.3 is 0 Å². The molecule has 1 saturated heterocycles. The van der Waals surface area contributed by atoms with E-state index < -0.39 is 10.0 Å². The minimum Gasteiger partial charge on any atom is -0.299 e. The van der Waals surface area contributed by atoms with E-state index in [1.165, 1.54) is 38.3 Å². The molecular formula is C19H30N2O3S. The standard InChI is InChI=1S/C19H30N2O3S/c1-15(2)12-18(21-10-5-4-6-11-21)14-20-25(23,24)19-9-7-8-17(13-19)16(3)22/h7-9,13,15,18,20H,4-6,10-12,14H2,1-3H3. The maximum atomic E-state index is 12.6. The van der Waals surface area contributed by atoms with Gasteiger partial charge in [0, 0.05) is 18.2 Å². The molecule has 0 aromatic heterocycles. The Balaban J connectivity index is 2.09. The number of ketones is 1. The van der Waals surface area contributed by atoms with Crippen molar-refractivity contribution in [3.63, 3.8) is 0 Å². The van der Waals surface area contributed by atoms with Crippen LogP contribution in [0.3, 0.4) is 0 Å². The van der Waals surface area contributed by atoms with Gasteiger partial charge in [0.2, 0.25) is 10.0 Å². The van der Waals surface area contributed by atoms with Crippen LogP contribution in [0.2, 0.25) is 0 Å². The number of Topliss-reactive ketones (excluding diaryl/α,β-unsaturated/α-hetero) is 1. The number of sulfonamides is 1. The Morgan fingerprint density at radius 3 is 2.48 bits per heavy atom. The van der Waals surface area contributed by atoms with Gasteiger partial charge < -0.3 is 0 Å². The number of nitrogens with zero attached hydrogens (tertiary/aromatic N) is 1. The van der Waals surface area contributed by atoms with Gasteiger partial charge in [0.05, 0.1) is 4.90 Å². The zero-order valence-corrected chi connectivity index (χ0v) is 16.3. The minimum atomic E-state index is -3.61. The Labute approximate surface area is 151 Å². The molecule has 0 bridgehead atoms. The first-order valence-corrected chi connectivity index (χ1v) is 10.6. The molecule has 0 radical (unpaired) electrons. The molecular weight excluding hydrogens is 336 g/mol. The molecule has 0 saturated carbocycles. The molecule has 1 fully saturated rings. The number of carbonyl (C=O) groups excluding carboxylic acids is 1. The molecule has 1 aromatic rings. The fourth-order valence-electron chi connectivity index (χ4n) is 3.36. The molecule has 1 heterocycles. The Kier molecular flexibility index (Phi) is 7.16. The number of piperidine rings is 1. The van der Waals surface area contributed by atoms with Gasteiger partial charge in [-0.15, -0.1) is 0 Å². The van der Waals surface area contributed by atoms with Crippen molar-refractivity contribution in [1.29, 1.82) is 0 Å². The summed E-state index contributed by atoms with van der Waals surface area (Å²) in [6, 6.07) is 6.44. The van der Waals surface area contributed by atoms with Crippen LogP contribution in [0.4, 0.5) is 0 Å². The minimum absolute atomic E-state index is 0.136. The molecule has 1 aliphatic heterocycles. The van der Waals surface area contributed by atoms with E-state index >= 15 is 0 Å². The molecule has 6 heteroatoms. The summed E-state index contributed by atoms with van der Waals surface area (Å²) in [5.41, 5.74) is 0.414. The summed E-state index contributed by atoms with van der Waals surface area (Å²) in [5, 5.41) is 0. The molecule has 0 aliphatic carbocycles. The first-order valence-electron chi connectivity index (χ1n) is 9.14. The van der Waals surface area contributed by atoms with Crippen LogP contribution in [0.5, 0.6) is 0 Å². The van der Waals surface area contributed by atoms with Crippen LogP contribution in [-0.2, 0) is 10.0 Å². The second kappa shape index (κ2) is 8.92. The third-order valence-corrected chi connectivity index (χ3v) is 6.13. The summed E-state index contributed by atoms with van der Waals surface area (Å²) in [6.07, 6.45) is 4.59. The van der Waals surface area contributed by atoms with E-state index in [0.29, 0.717) is 18.0 Å². The van der Waals surface area contributed by atoms with Crippen LogP contribution >= 0.6 is 0 Å². The zero-order chi connectivity index (χ0) is 18.4. The highest BCUT2D eigenvalue weighted by atomic mass is 32.2. The predicted octanol–water partition coefficient (Wildman–Crippen LogP) is 3.07. The van der Waals surface area contributed by atoms with Gasteiger partial charge in [-0.05, 0) is 57.3 Å². The van der Waals surface area contributed by atoms with Crippen molar-refractivity contribution in [2.75, 3.05) is 19.6 Å². The number of benzene rings is 1. The van der Waals surface area contributed by atoms with Crippen LogP contribution in [-0.4, -0.2) is 44.8 Å². The van der Waals surface area contributed by atoms with Crippen LogP contribution < -0.4 is 4.72 Å². The van der Waals surface area contributed by atoms with E-state index in [1.54, 1.807) is 12.1 Å². The number of hydrogen-bond acceptors (Lipinski definition) is 4. The average Bonchev–Trinajstić information content (AvgIpc) is 2.59. The first-order chi connectivity index (χ1) is 11.8. The predicted molar refractivity (Wildman–Crippen MR) is 100 cm³/mol. The van der Waals surface area contributed by atoms with Gasteiger partial charge in [0.1, 0.15) is 0 Å². The van der Waals surface area contributed by atoms with Gasteiger partial charge in [0.15, 0.2) is 5.78 Å². The average molecular weight is 367 g/mol. The van der Waals surface area contributed by atoms with Crippen LogP contribution in [0, 0.1) is 5.92 Å².